The first-order valence-corrected chi connectivity index (χ1v) is 5.42. The van der Waals surface area contributed by atoms with Crippen LogP contribution < -0.4 is 0 Å². The molecule has 0 N–H and O–H groups in total. The molecular formula is C13H13NO2. The first-order chi connectivity index (χ1) is 7.71. The Kier molecular flexibility index (Phi) is 1.91. The molecular weight excluding hydrogens is 202 g/mol. The second kappa shape index (κ2) is 3.19. The van der Waals surface area contributed by atoms with Gasteiger partial charge in [0.15, 0.2) is 5.72 Å². The zero-order valence-electron chi connectivity index (χ0n) is 9.09. The predicted molar refractivity (Wildman–Crippen MR) is 59.5 cm³/mol. The van der Waals surface area contributed by atoms with Gasteiger partial charge < -0.3 is 4.74 Å². The van der Waals surface area contributed by atoms with Gasteiger partial charge in [0.25, 0.3) is 0 Å². The molecule has 2 aliphatic rings. The number of carbonyl (C=O) groups is 1. The van der Waals surface area contributed by atoms with Crippen LogP contribution in [0.1, 0.15) is 18.5 Å². The van der Waals surface area contributed by atoms with Gasteiger partial charge in [-0.15, -0.1) is 0 Å². The molecule has 0 bridgehead atoms. The van der Waals surface area contributed by atoms with Crippen LogP contribution in [0.5, 0.6) is 0 Å². The van der Waals surface area contributed by atoms with E-state index >= 15 is 0 Å². The van der Waals surface area contributed by atoms with Crippen molar-refractivity contribution in [1.82, 2.24) is 4.90 Å². The lowest BCUT2D eigenvalue weighted by Crippen LogP contribution is -2.40. The minimum atomic E-state index is -0.544. The van der Waals surface area contributed by atoms with Gasteiger partial charge >= 0.3 is 0 Å². The second-order valence-electron chi connectivity index (χ2n) is 4.33. The van der Waals surface area contributed by atoms with Crippen molar-refractivity contribution in [2.45, 2.75) is 18.7 Å². The van der Waals surface area contributed by atoms with E-state index in [0.717, 1.165) is 5.56 Å². The van der Waals surface area contributed by atoms with Crippen molar-refractivity contribution in [1.29, 1.82) is 0 Å². The number of carbonyl (C=O) groups excluding carboxylic acids is 1. The molecule has 3 rings (SSSR count). The highest BCUT2D eigenvalue weighted by Crippen LogP contribution is 2.40. The Morgan fingerprint density at radius 3 is 2.88 bits per heavy atom. The molecule has 0 radical (unpaired) electrons. The minimum absolute atomic E-state index is 0.0358. The van der Waals surface area contributed by atoms with Crippen LogP contribution in [0.4, 0.5) is 0 Å². The van der Waals surface area contributed by atoms with Crippen LogP contribution in [0, 0.1) is 0 Å². The SMILES string of the molecule is C[C@@]12C=CC(=O)N1C(c1ccccc1)CO2. The van der Waals surface area contributed by atoms with Gasteiger partial charge in [-0.1, -0.05) is 30.3 Å². The molecule has 2 aliphatic heterocycles. The van der Waals surface area contributed by atoms with Crippen molar-refractivity contribution < 1.29 is 9.53 Å². The maximum absolute atomic E-state index is 11.8. The van der Waals surface area contributed by atoms with Crippen LogP contribution in [-0.4, -0.2) is 23.1 Å². The van der Waals surface area contributed by atoms with Gasteiger partial charge in [-0.3, -0.25) is 9.69 Å². The van der Waals surface area contributed by atoms with E-state index in [-0.39, 0.29) is 11.9 Å². The van der Waals surface area contributed by atoms with E-state index in [9.17, 15) is 4.79 Å². The topological polar surface area (TPSA) is 29.5 Å². The van der Waals surface area contributed by atoms with Crippen LogP contribution in [0.3, 0.4) is 0 Å². The van der Waals surface area contributed by atoms with E-state index in [4.69, 9.17) is 4.74 Å². The summed E-state index contributed by atoms with van der Waals surface area (Å²) in [5, 5.41) is 0. The second-order valence-corrected chi connectivity index (χ2v) is 4.33. The van der Waals surface area contributed by atoms with Crippen molar-refractivity contribution in [3.63, 3.8) is 0 Å². The quantitative estimate of drug-likeness (QED) is 0.715. The monoisotopic (exact) mass is 215 g/mol. The molecule has 1 fully saturated rings. The molecule has 1 saturated heterocycles. The summed E-state index contributed by atoms with van der Waals surface area (Å²) in [6.07, 6.45) is 3.42. The van der Waals surface area contributed by atoms with Crippen LogP contribution in [0.2, 0.25) is 0 Å². The average Bonchev–Trinajstić information content (AvgIpc) is 2.78. The van der Waals surface area contributed by atoms with E-state index in [1.165, 1.54) is 0 Å². The molecule has 0 saturated carbocycles. The Morgan fingerprint density at radius 1 is 1.38 bits per heavy atom. The lowest BCUT2D eigenvalue weighted by atomic mass is 10.1. The zero-order valence-corrected chi connectivity index (χ0v) is 9.09. The van der Waals surface area contributed by atoms with Crippen molar-refractivity contribution in [2.24, 2.45) is 0 Å². The maximum atomic E-state index is 11.8. The molecule has 1 amide bonds. The van der Waals surface area contributed by atoms with Crippen molar-refractivity contribution in [2.75, 3.05) is 6.61 Å². The molecule has 2 heterocycles. The Hall–Kier alpha value is -1.61. The fraction of sp³-hybridized carbons (Fsp3) is 0.308. The molecule has 0 aromatic heterocycles. The lowest BCUT2D eigenvalue weighted by Gasteiger charge is -2.29. The van der Waals surface area contributed by atoms with Crippen LogP contribution in [-0.2, 0) is 9.53 Å². The molecule has 3 nitrogen and oxygen atoms in total. The Bertz CT molecular complexity index is 454. The molecule has 82 valence electrons. The van der Waals surface area contributed by atoms with Crippen LogP contribution >= 0.6 is 0 Å². The Labute approximate surface area is 94.3 Å². The highest BCUT2D eigenvalue weighted by Gasteiger charge is 2.48. The van der Waals surface area contributed by atoms with Gasteiger partial charge in [0.05, 0.1) is 12.6 Å². The van der Waals surface area contributed by atoms with Crippen LogP contribution in [0.25, 0.3) is 0 Å². The van der Waals surface area contributed by atoms with Gasteiger partial charge in [-0.2, -0.15) is 0 Å². The molecule has 1 aromatic rings. The Morgan fingerprint density at radius 2 is 2.12 bits per heavy atom. The number of rotatable bonds is 1. The van der Waals surface area contributed by atoms with E-state index < -0.39 is 5.72 Å². The minimum Gasteiger partial charge on any atom is -0.350 e. The summed E-state index contributed by atoms with van der Waals surface area (Å²) in [4.78, 5) is 13.6. The van der Waals surface area contributed by atoms with Gasteiger partial charge in [0.2, 0.25) is 5.91 Å². The summed E-state index contributed by atoms with van der Waals surface area (Å²) in [5.74, 6) is 0.0360. The number of hydrogen-bond donors (Lipinski definition) is 0. The largest absolute Gasteiger partial charge is 0.350 e. The highest BCUT2D eigenvalue weighted by atomic mass is 16.5. The summed E-state index contributed by atoms with van der Waals surface area (Å²) in [6, 6.07) is 10.0. The highest BCUT2D eigenvalue weighted by molar-refractivity contribution is 5.91. The van der Waals surface area contributed by atoms with Crippen molar-refractivity contribution in [3.8, 4) is 0 Å². The molecule has 1 aromatic carbocycles. The summed E-state index contributed by atoms with van der Waals surface area (Å²) < 4.78 is 5.72. The molecule has 16 heavy (non-hydrogen) atoms. The van der Waals surface area contributed by atoms with Crippen molar-refractivity contribution >= 4 is 5.91 Å². The standard InChI is InChI=1S/C13H13NO2/c1-13-8-7-12(15)14(13)11(9-16-13)10-5-3-2-4-6-10/h2-8,11H,9H2,1H3/t11?,13-/m1/s1. The number of ether oxygens (including phenoxy) is 1. The molecule has 1 unspecified atom stereocenters. The average molecular weight is 215 g/mol. The van der Waals surface area contributed by atoms with E-state index in [1.54, 1.807) is 6.08 Å². The Balaban J connectivity index is 1.98. The summed E-state index contributed by atoms with van der Waals surface area (Å²) >= 11 is 0. The lowest BCUT2D eigenvalue weighted by molar-refractivity contribution is -0.134. The molecule has 3 heteroatoms. The maximum Gasteiger partial charge on any atom is 0.249 e. The van der Waals surface area contributed by atoms with E-state index in [1.807, 2.05) is 48.2 Å². The number of amides is 1. The fourth-order valence-corrected chi connectivity index (χ4v) is 2.43. The third-order valence-corrected chi connectivity index (χ3v) is 3.28. The van der Waals surface area contributed by atoms with Crippen LogP contribution in [0.15, 0.2) is 42.5 Å². The molecule has 0 spiro atoms. The van der Waals surface area contributed by atoms with Gasteiger partial charge in [-0.05, 0) is 18.6 Å². The molecule has 0 aliphatic carbocycles. The summed E-state index contributed by atoms with van der Waals surface area (Å²) in [7, 11) is 0. The molecule has 2 atom stereocenters. The number of benzene rings is 1. The number of fused-ring (bicyclic) bond motifs is 1. The van der Waals surface area contributed by atoms with Crippen molar-refractivity contribution in [3.05, 3.63) is 48.0 Å². The zero-order chi connectivity index (χ0) is 11.2. The predicted octanol–water partition coefficient (Wildman–Crippen LogP) is 1.87. The first-order valence-electron chi connectivity index (χ1n) is 5.42. The van der Waals surface area contributed by atoms with E-state index in [0.29, 0.717) is 6.61 Å². The fourth-order valence-electron chi connectivity index (χ4n) is 2.43. The number of hydrogen-bond acceptors (Lipinski definition) is 2. The normalized spacial score (nSPS) is 32.2. The van der Waals surface area contributed by atoms with Gasteiger partial charge in [-0.25, -0.2) is 0 Å². The first kappa shape index (κ1) is 9.60. The summed E-state index contributed by atoms with van der Waals surface area (Å²) in [6.45, 7) is 2.49. The third kappa shape index (κ3) is 1.21. The number of nitrogens with zero attached hydrogens (tertiary/aromatic N) is 1. The van der Waals surface area contributed by atoms with E-state index in [2.05, 4.69) is 0 Å². The smallest absolute Gasteiger partial charge is 0.249 e. The van der Waals surface area contributed by atoms with Gasteiger partial charge in [0.1, 0.15) is 0 Å². The van der Waals surface area contributed by atoms with Gasteiger partial charge in [0, 0.05) is 6.08 Å². The third-order valence-electron chi connectivity index (χ3n) is 3.28. The summed E-state index contributed by atoms with van der Waals surface area (Å²) in [5.41, 5.74) is 0.584.